The molecule has 1 fully saturated rings. The lowest BCUT2D eigenvalue weighted by atomic mass is 10.0. The standard InChI is InChI=1S/C20H25N5O3/c1-13-11-23(20(27)28)19-9-15(3-4-18(19)25(13)14(2)26)16-10-22-24(12-16)17-5-7-21-8-6-17/h3-4,9-10,12-13,17,21H,5-8,11H2,1-2H3,(H,27,28). The molecule has 2 aliphatic rings. The van der Waals surface area contributed by atoms with E-state index in [0.717, 1.165) is 37.1 Å². The van der Waals surface area contributed by atoms with Crippen molar-refractivity contribution >= 4 is 23.4 Å². The van der Waals surface area contributed by atoms with Crippen LogP contribution in [0.25, 0.3) is 11.1 Å². The second-order valence-corrected chi connectivity index (χ2v) is 7.52. The molecule has 0 spiro atoms. The van der Waals surface area contributed by atoms with Gasteiger partial charge in [-0.05, 0) is 50.6 Å². The zero-order valence-corrected chi connectivity index (χ0v) is 16.1. The van der Waals surface area contributed by atoms with Crippen LogP contribution in [-0.4, -0.2) is 52.6 Å². The Kier molecular flexibility index (Phi) is 4.80. The first-order valence-corrected chi connectivity index (χ1v) is 9.65. The molecule has 3 heterocycles. The predicted octanol–water partition coefficient (Wildman–Crippen LogP) is 2.71. The summed E-state index contributed by atoms with van der Waals surface area (Å²) in [6.45, 7) is 5.60. The lowest BCUT2D eigenvalue weighted by Crippen LogP contribution is -2.51. The minimum Gasteiger partial charge on any atom is -0.465 e. The zero-order chi connectivity index (χ0) is 19.8. The molecule has 2 aliphatic heterocycles. The molecule has 2 amide bonds. The van der Waals surface area contributed by atoms with E-state index in [1.165, 1.54) is 11.8 Å². The van der Waals surface area contributed by atoms with E-state index in [2.05, 4.69) is 10.4 Å². The fourth-order valence-corrected chi connectivity index (χ4v) is 4.22. The van der Waals surface area contributed by atoms with Crippen LogP contribution in [0.15, 0.2) is 30.6 Å². The van der Waals surface area contributed by atoms with Gasteiger partial charge in [-0.25, -0.2) is 4.79 Å². The molecular weight excluding hydrogens is 358 g/mol. The van der Waals surface area contributed by atoms with Gasteiger partial charge in [0.15, 0.2) is 0 Å². The van der Waals surface area contributed by atoms with Gasteiger partial charge in [0.05, 0.1) is 29.7 Å². The highest BCUT2D eigenvalue weighted by Gasteiger charge is 2.33. The summed E-state index contributed by atoms with van der Waals surface area (Å²) in [5, 5.41) is 17.6. The monoisotopic (exact) mass is 383 g/mol. The predicted molar refractivity (Wildman–Crippen MR) is 107 cm³/mol. The van der Waals surface area contributed by atoms with Gasteiger partial charge in [-0.1, -0.05) is 6.07 Å². The summed E-state index contributed by atoms with van der Waals surface area (Å²) in [7, 11) is 0. The molecule has 1 aromatic carbocycles. The Morgan fingerprint density at radius 3 is 2.61 bits per heavy atom. The molecule has 2 aromatic rings. The Morgan fingerprint density at radius 1 is 1.18 bits per heavy atom. The van der Waals surface area contributed by atoms with Crippen LogP contribution in [0.1, 0.15) is 32.7 Å². The number of carbonyl (C=O) groups is 2. The molecule has 148 valence electrons. The van der Waals surface area contributed by atoms with Crippen molar-refractivity contribution in [3.8, 4) is 11.1 Å². The van der Waals surface area contributed by atoms with E-state index in [1.807, 2.05) is 42.2 Å². The first-order valence-electron chi connectivity index (χ1n) is 9.65. The van der Waals surface area contributed by atoms with Gasteiger partial charge in [-0.3, -0.25) is 14.4 Å². The molecule has 0 radical (unpaired) electrons. The Hall–Kier alpha value is -2.87. The number of rotatable bonds is 2. The van der Waals surface area contributed by atoms with Gasteiger partial charge in [0.1, 0.15) is 0 Å². The Labute approximate surface area is 163 Å². The van der Waals surface area contributed by atoms with E-state index in [4.69, 9.17) is 0 Å². The number of nitrogens with one attached hydrogen (secondary N) is 1. The number of fused-ring (bicyclic) bond motifs is 1. The van der Waals surface area contributed by atoms with Crippen LogP contribution >= 0.6 is 0 Å². The third kappa shape index (κ3) is 3.24. The first kappa shape index (κ1) is 18.5. The van der Waals surface area contributed by atoms with Gasteiger partial charge in [0.2, 0.25) is 5.91 Å². The molecule has 1 saturated heterocycles. The number of carboxylic acid groups (broad SMARTS) is 1. The van der Waals surface area contributed by atoms with Gasteiger partial charge in [0, 0.05) is 25.2 Å². The summed E-state index contributed by atoms with van der Waals surface area (Å²) < 4.78 is 2.01. The summed E-state index contributed by atoms with van der Waals surface area (Å²) >= 11 is 0. The fourth-order valence-electron chi connectivity index (χ4n) is 4.22. The number of anilines is 2. The Balaban J connectivity index is 1.71. The highest BCUT2D eigenvalue weighted by Crippen LogP contribution is 2.39. The molecule has 1 aromatic heterocycles. The van der Waals surface area contributed by atoms with Gasteiger partial charge >= 0.3 is 6.09 Å². The van der Waals surface area contributed by atoms with Crippen molar-refractivity contribution in [3.05, 3.63) is 30.6 Å². The highest BCUT2D eigenvalue weighted by atomic mass is 16.4. The topological polar surface area (TPSA) is 90.7 Å². The van der Waals surface area contributed by atoms with Gasteiger partial charge in [-0.2, -0.15) is 5.10 Å². The van der Waals surface area contributed by atoms with Gasteiger partial charge in [0.25, 0.3) is 0 Å². The number of hydrogen-bond acceptors (Lipinski definition) is 4. The summed E-state index contributed by atoms with van der Waals surface area (Å²) in [4.78, 5) is 26.9. The van der Waals surface area contributed by atoms with Crippen LogP contribution in [0.4, 0.5) is 16.2 Å². The lowest BCUT2D eigenvalue weighted by Gasteiger charge is -2.39. The minimum atomic E-state index is -1.01. The summed E-state index contributed by atoms with van der Waals surface area (Å²) in [5.41, 5.74) is 3.00. The van der Waals surface area contributed by atoms with Crippen molar-refractivity contribution in [3.63, 3.8) is 0 Å². The molecule has 0 aliphatic carbocycles. The third-order valence-electron chi connectivity index (χ3n) is 5.60. The third-order valence-corrected chi connectivity index (χ3v) is 5.60. The summed E-state index contributed by atoms with van der Waals surface area (Å²) in [5.74, 6) is -0.0923. The van der Waals surface area contributed by atoms with Crippen molar-refractivity contribution in [2.24, 2.45) is 0 Å². The largest absolute Gasteiger partial charge is 0.465 e. The quantitative estimate of drug-likeness (QED) is 0.832. The van der Waals surface area contributed by atoms with E-state index < -0.39 is 6.09 Å². The fraction of sp³-hybridized carbons (Fsp3) is 0.450. The number of aromatic nitrogens is 2. The molecule has 2 N–H and O–H groups in total. The van der Waals surface area contributed by atoms with Crippen molar-refractivity contribution in [2.75, 3.05) is 29.4 Å². The lowest BCUT2D eigenvalue weighted by molar-refractivity contribution is -0.117. The van der Waals surface area contributed by atoms with Crippen molar-refractivity contribution in [1.82, 2.24) is 15.1 Å². The van der Waals surface area contributed by atoms with E-state index in [-0.39, 0.29) is 18.5 Å². The van der Waals surface area contributed by atoms with E-state index in [9.17, 15) is 14.7 Å². The Morgan fingerprint density at radius 2 is 1.93 bits per heavy atom. The van der Waals surface area contributed by atoms with Crippen LogP contribution in [-0.2, 0) is 4.79 Å². The SMILES string of the molecule is CC(=O)N1c2ccc(-c3cnn(C4CCNCC4)c3)cc2N(C(=O)O)CC1C. The molecule has 8 heteroatoms. The summed E-state index contributed by atoms with van der Waals surface area (Å²) in [6, 6.07) is 5.78. The number of amides is 2. The molecule has 1 atom stereocenters. The van der Waals surface area contributed by atoms with Crippen LogP contribution in [0, 0.1) is 0 Å². The Bertz CT molecular complexity index is 903. The molecular formula is C20H25N5O3. The molecule has 8 nitrogen and oxygen atoms in total. The van der Waals surface area contributed by atoms with Crippen molar-refractivity contribution in [2.45, 2.75) is 38.8 Å². The smallest absolute Gasteiger partial charge is 0.411 e. The number of benzene rings is 1. The molecule has 28 heavy (non-hydrogen) atoms. The highest BCUT2D eigenvalue weighted by molar-refractivity contribution is 6.02. The van der Waals surface area contributed by atoms with Crippen molar-refractivity contribution < 1.29 is 14.7 Å². The van der Waals surface area contributed by atoms with Crippen LogP contribution in [0.3, 0.4) is 0 Å². The molecule has 0 saturated carbocycles. The maximum atomic E-state index is 12.1. The number of hydrogen-bond donors (Lipinski definition) is 2. The number of nitrogens with zero attached hydrogens (tertiary/aromatic N) is 4. The van der Waals surface area contributed by atoms with Crippen LogP contribution in [0.2, 0.25) is 0 Å². The molecule has 0 bridgehead atoms. The average Bonchev–Trinajstić information content (AvgIpc) is 3.17. The molecule has 4 rings (SSSR count). The van der Waals surface area contributed by atoms with E-state index in [1.54, 1.807) is 4.90 Å². The number of carbonyl (C=O) groups excluding carboxylic acids is 1. The first-order chi connectivity index (χ1) is 13.5. The van der Waals surface area contributed by atoms with Crippen LogP contribution in [0.5, 0.6) is 0 Å². The molecule has 1 unspecified atom stereocenters. The van der Waals surface area contributed by atoms with Gasteiger partial charge in [-0.15, -0.1) is 0 Å². The number of piperidine rings is 1. The normalized spacial score (nSPS) is 20.1. The second kappa shape index (κ2) is 7.27. The second-order valence-electron chi connectivity index (χ2n) is 7.52. The van der Waals surface area contributed by atoms with E-state index >= 15 is 0 Å². The van der Waals surface area contributed by atoms with Crippen LogP contribution < -0.4 is 15.1 Å². The van der Waals surface area contributed by atoms with E-state index in [0.29, 0.717) is 17.4 Å². The summed E-state index contributed by atoms with van der Waals surface area (Å²) in [6.07, 6.45) is 4.92. The minimum absolute atomic E-state index is 0.0923. The van der Waals surface area contributed by atoms with Crippen molar-refractivity contribution in [1.29, 1.82) is 0 Å². The average molecular weight is 383 g/mol. The maximum absolute atomic E-state index is 12.1. The maximum Gasteiger partial charge on any atom is 0.411 e. The zero-order valence-electron chi connectivity index (χ0n) is 16.1. The van der Waals surface area contributed by atoms with Gasteiger partial charge < -0.3 is 15.3 Å².